The minimum Gasteiger partial charge on any atom is -0.480 e. The van der Waals surface area contributed by atoms with Crippen molar-refractivity contribution < 1.29 is 14.7 Å². The van der Waals surface area contributed by atoms with Crippen molar-refractivity contribution in [1.82, 2.24) is 5.32 Å². The molecule has 0 spiro atoms. The lowest BCUT2D eigenvalue weighted by atomic mass is 10.1. The normalized spacial score (nSPS) is 13.7. The Bertz CT molecular complexity index is 270. The summed E-state index contributed by atoms with van der Waals surface area (Å²) in [6, 6.07) is -1.27. The zero-order valence-corrected chi connectivity index (χ0v) is 8.69. The van der Waals surface area contributed by atoms with Gasteiger partial charge in [0.2, 0.25) is 5.91 Å². The number of nitrogens with two attached hydrogens (primary N) is 1. The lowest BCUT2D eigenvalue weighted by Crippen LogP contribution is -2.42. The zero-order chi connectivity index (χ0) is 11.8. The van der Waals surface area contributed by atoms with E-state index in [0.29, 0.717) is 6.42 Å². The van der Waals surface area contributed by atoms with Crippen LogP contribution in [0.25, 0.3) is 0 Å². The van der Waals surface area contributed by atoms with Gasteiger partial charge >= 0.3 is 5.97 Å². The number of terminal acetylenes is 1. The van der Waals surface area contributed by atoms with Crippen LogP contribution in [0.4, 0.5) is 0 Å². The Morgan fingerprint density at radius 1 is 1.60 bits per heavy atom. The molecular weight excluding hydrogens is 196 g/mol. The highest BCUT2D eigenvalue weighted by molar-refractivity contribution is 5.84. The van der Waals surface area contributed by atoms with Gasteiger partial charge in [-0.1, -0.05) is 6.92 Å². The van der Waals surface area contributed by atoms with Gasteiger partial charge < -0.3 is 16.2 Å². The molecule has 0 heterocycles. The molecule has 0 bridgehead atoms. The third kappa shape index (κ3) is 5.70. The second-order valence-corrected chi connectivity index (χ2v) is 3.24. The molecule has 0 aliphatic carbocycles. The third-order valence-corrected chi connectivity index (χ3v) is 1.93. The summed E-state index contributed by atoms with van der Waals surface area (Å²) < 4.78 is 0. The van der Waals surface area contributed by atoms with E-state index < -0.39 is 12.0 Å². The number of aliphatic carboxylic acids is 1. The van der Waals surface area contributed by atoms with Crippen LogP contribution in [0.15, 0.2) is 0 Å². The van der Waals surface area contributed by atoms with Crippen LogP contribution in [0.3, 0.4) is 0 Å². The van der Waals surface area contributed by atoms with Gasteiger partial charge in [-0.3, -0.25) is 4.79 Å². The molecule has 84 valence electrons. The summed E-state index contributed by atoms with van der Waals surface area (Å²) in [4.78, 5) is 21.9. The van der Waals surface area contributed by atoms with Crippen molar-refractivity contribution >= 4 is 11.9 Å². The highest BCUT2D eigenvalue weighted by Crippen LogP contribution is 1.96. The van der Waals surface area contributed by atoms with E-state index in [1.54, 1.807) is 0 Å². The molecule has 15 heavy (non-hydrogen) atoms. The molecule has 0 aromatic rings. The fraction of sp³-hybridized carbons (Fsp3) is 0.600. The summed E-state index contributed by atoms with van der Waals surface area (Å²) >= 11 is 0. The summed E-state index contributed by atoms with van der Waals surface area (Å²) in [5.74, 6) is 0.680. The van der Waals surface area contributed by atoms with Gasteiger partial charge in [-0.15, -0.1) is 12.3 Å². The number of carbonyl (C=O) groups is 2. The predicted octanol–water partition coefficient (Wildman–Crippen LogP) is -0.293. The van der Waals surface area contributed by atoms with Crippen molar-refractivity contribution in [3.63, 3.8) is 0 Å². The molecule has 2 unspecified atom stereocenters. The standard InChI is InChI=1S/C10H16N2O3/c1-3-5-8(10(14)15)12-9(13)6-7(11)4-2/h1,7-8H,4-6,11H2,2H3,(H,12,13)(H,14,15). The molecule has 0 aliphatic heterocycles. The van der Waals surface area contributed by atoms with Crippen molar-refractivity contribution in [2.45, 2.75) is 38.3 Å². The van der Waals surface area contributed by atoms with Gasteiger partial charge in [-0.05, 0) is 6.42 Å². The minimum absolute atomic E-state index is 0.0254. The molecular formula is C10H16N2O3. The van der Waals surface area contributed by atoms with Gasteiger partial charge in [-0.2, -0.15) is 0 Å². The lowest BCUT2D eigenvalue weighted by molar-refractivity contribution is -0.141. The van der Waals surface area contributed by atoms with Gasteiger partial charge in [-0.25, -0.2) is 4.79 Å². The van der Waals surface area contributed by atoms with Gasteiger partial charge in [0.15, 0.2) is 0 Å². The first-order valence-corrected chi connectivity index (χ1v) is 4.72. The predicted molar refractivity (Wildman–Crippen MR) is 55.9 cm³/mol. The van der Waals surface area contributed by atoms with Crippen LogP contribution in [-0.4, -0.2) is 29.1 Å². The Balaban J connectivity index is 4.12. The smallest absolute Gasteiger partial charge is 0.327 e. The van der Waals surface area contributed by atoms with Crippen LogP contribution in [0.1, 0.15) is 26.2 Å². The van der Waals surface area contributed by atoms with Crippen molar-refractivity contribution in [2.24, 2.45) is 5.73 Å². The number of rotatable bonds is 6. The van der Waals surface area contributed by atoms with E-state index in [1.165, 1.54) is 0 Å². The number of carbonyl (C=O) groups excluding carboxylic acids is 1. The second-order valence-electron chi connectivity index (χ2n) is 3.24. The second kappa shape index (κ2) is 6.85. The van der Waals surface area contributed by atoms with Crippen LogP contribution in [0, 0.1) is 12.3 Å². The average molecular weight is 212 g/mol. The topological polar surface area (TPSA) is 92.4 Å². The molecule has 0 aromatic heterocycles. The quantitative estimate of drug-likeness (QED) is 0.527. The molecule has 0 radical (unpaired) electrons. The maximum absolute atomic E-state index is 11.3. The van der Waals surface area contributed by atoms with E-state index in [2.05, 4.69) is 11.2 Å². The summed E-state index contributed by atoms with van der Waals surface area (Å²) in [6.45, 7) is 1.86. The Hall–Kier alpha value is -1.54. The van der Waals surface area contributed by atoms with Crippen LogP contribution >= 0.6 is 0 Å². The highest BCUT2D eigenvalue weighted by Gasteiger charge is 2.19. The first-order chi connectivity index (χ1) is 7.01. The summed E-state index contributed by atoms with van der Waals surface area (Å²) in [7, 11) is 0. The number of carboxylic acids is 1. The molecule has 0 aromatic carbocycles. The molecule has 5 heteroatoms. The maximum atomic E-state index is 11.3. The Labute approximate surface area is 89.0 Å². The number of hydrogen-bond acceptors (Lipinski definition) is 3. The van der Waals surface area contributed by atoms with Crippen LogP contribution < -0.4 is 11.1 Å². The van der Waals surface area contributed by atoms with Gasteiger partial charge in [0.05, 0.1) is 0 Å². The molecule has 0 rings (SSSR count). The SMILES string of the molecule is C#CCC(NC(=O)CC(N)CC)C(=O)O. The molecule has 4 N–H and O–H groups in total. The zero-order valence-electron chi connectivity index (χ0n) is 8.69. The monoisotopic (exact) mass is 212 g/mol. The Morgan fingerprint density at radius 2 is 2.20 bits per heavy atom. The molecule has 2 atom stereocenters. The molecule has 0 fully saturated rings. The number of hydrogen-bond donors (Lipinski definition) is 3. The van der Waals surface area contributed by atoms with Gasteiger partial charge in [0, 0.05) is 18.9 Å². The molecule has 0 aliphatic rings. The number of carboxylic acid groups (broad SMARTS) is 1. The summed E-state index contributed by atoms with van der Waals surface area (Å²) in [6.07, 6.45) is 5.74. The van der Waals surface area contributed by atoms with E-state index in [9.17, 15) is 9.59 Å². The van der Waals surface area contributed by atoms with E-state index >= 15 is 0 Å². The number of nitrogens with one attached hydrogen (secondary N) is 1. The van der Waals surface area contributed by atoms with Crippen molar-refractivity contribution in [2.75, 3.05) is 0 Å². The van der Waals surface area contributed by atoms with E-state index in [1.807, 2.05) is 6.92 Å². The van der Waals surface area contributed by atoms with Crippen molar-refractivity contribution in [3.8, 4) is 12.3 Å². The average Bonchev–Trinajstić information content (AvgIpc) is 2.16. The molecule has 0 saturated heterocycles. The largest absolute Gasteiger partial charge is 0.480 e. The summed E-state index contributed by atoms with van der Waals surface area (Å²) in [5.41, 5.74) is 5.55. The Morgan fingerprint density at radius 3 is 2.60 bits per heavy atom. The number of amides is 1. The van der Waals surface area contributed by atoms with Crippen LogP contribution in [0.2, 0.25) is 0 Å². The van der Waals surface area contributed by atoms with E-state index in [-0.39, 0.29) is 24.8 Å². The maximum Gasteiger partial charge on any atom is 0.327 e. The van der Waals surface area contributed by atoms with Gasteiger partial charge in [0.25, 0.3) is 0 Å². The Kier molecular flexibility index (Phi) is 6.14. The first-order valence-electron chi connectivity index (χ1n) is 4.72. The lowest BCUT2D eigenvalue weighted by Gasteiger charge is -2.13. The fourth-order valence-electron chi connectivity index (χ4n) is 0.954. The van der Waals surface area contributed by atoms with Gasteiger partial charge in [0.1, 0.15) is 6.04 Å². The van der Waals surface area contributed by atoms with Crippen LogP contribution in [0.5, 0.6) is 0 Å². The van der Waals surface area contributed by atoms with Crippen LogP contribution in [-0.2, 0) is 9.59 Å². The molecule has 0 saturated carbocycles. The highest BCUT2D eigenvalue weighted by atomic mass is 16.4. The first kappa shape index (κ1) is 13.5. The summed E-state index contributed by atoms with van der Waals surface area (Å²) in [5, 5.41) is 11.0. The van der Waals surface area contributed by atoms with E-state index in [0.717, 1.165) is 0 Å². The molecule has 1 amide bonds. The van der Waals surface area contributed by atoms with E-state index in [4.69, 9.17) is 17.3 Å². The van der Waals surface area contributed by atoms with Crippen molar-refractivity contribution in [1.29, 1.82) is 0 Å². The molecule has 5 nitrogen and oxygen atoms in total. The van der Waals surface area contributed by atoms with Crippen molar-refractivity contribution in [3.05, 3.63) is 0 Å². The third-order valence-electron chi connectivity index (χ3n) is 1.93. The minimum atomic E-state index is -1.13. The fourth-order valence-corrected chi connectivity index (χ4v) is 0.954.